The zero-order valence-corrected chi connectivity index (χ0v) is 9.11. The van der Waals surface area contributed by atoms with E-state index < -0.39 is 0 Å². The van der Waals surface area contributed by atoms with Gasteiger partial charge in [0.2, 0.25) is 0 Å². The van der Waals surface area contributed by atoms with Crippen LogP contribution in [0.15, 0.2) is 12.1 Å². The first-order valence-corrected chi connectivity index (χ1v) is 4.98. The monoisotopic (exact) mass is 198 g/mol. The van der Waals surface area contributed by atoms with Crippen molar-refractivity contribution in [3.8, 4) is 5.75 Å². The zero-order chi connectivity index (χ0) is 9.84. The summed E-state index contributed by atoms with van der Waals surface area (Å²) in [6.45, 7) is 6.78. The highest BCUT2D eigenvalue weighted by molar-refractivity contribution is 6.31. The lowest BCUT2D eigenvalue weighted by atomic mass is 10.1. The number of aryl methyl sites for hydroxylation is 2. The van der Waals surface area contributed by atoms with Crippen LogP contribution in [0.3, 0.4) is 0 Å². The van der Waals surface area contributed by atoms with E-state index in [1.165, 1.54) is 5.56 Å². The van der Waals surface area contributed by atoms with Crippen LogP contribution in [0.4, 0.5) is 0 Å². The Hall–Kier alpha value is -0.690. The van der Waals surface area contributed by atoms with Crippen molar-refractivity contribution in [3.05, 3.63) is 28.3 Å². The molecule has 1 aromatic carbocycles. The number of hydrogen-bond donors (Lipinski definition) is 0. The third-order valence-corrected chi connectivity index (χ3v) is 2.43. The second-order valence-electron chi connectivity index (χ2n) is 3.00. The summed E-state index contributed by atoms with van der Waals surface area (Å²) in [5.74, 6) is 0.965. The van der Waals surface area contributed by atoms with Crippen LogP contribution in [-0.4, -0.2) is 6.61 Å². The SMILES string of the molecule is CCOc1cc(C)c(Cl)cc1CC. The molecule has 1 rings (SSSR count). The van der Waals surface area contributed by atoms with Crippen molar-refractivity contribution in [1.82, 2.24) is 0 Å². The van der Waals surface area contributed by atoms with Gasteiger partial charge in [0.15, 0.2) is 0 Å². The topological polar surface area (TPSA) is 9.23 Å². The van der Waals surface area contributed by atoms with Crippen LogP contribution in [-0.2, 0) is 6.42 Å². The van der Waals surface area contributed by atoms with Crippen LogP contribution in [0.5, 0.6) is 5.75 Å². The predicted molar refractivity (Wildman–Crippen MR) is 56.7 cm³/mol. The van der Waals surface area contributed by atoms with E-state index >= 15 is 0 Å². The smallest absolute Gasteiger partial charge is 0.122 e. The molecule has 0 aromatic heterocycles. The van der Waals surface area contributed by atoms with E-state index in [9.17, 15) is 0 Å². The quantitative estimate of drug-likeness (QED) is 0.721. The molecule has 1 aromatic rings. The Morgan fingerprint density at radius 3 is 2.54 bits per heavy atom. The molecule has 0 N–H and O–H groups in total. The highest BCUT2D eigenvalue weighted by Crippen LogP contribution is 2.26. The molecule has 0 bridgehead atoms. The second-order valence-corrected chi connectivity index (χ2v) is 3.40. The van der Waals surface area contributed by atoms with Gasteiger partial charge in [-0.05, 0) is 43.5 Å². The molecule has 0 amide bonds. The van der Waals surface area contributed by atoms with Crippen molar-refractivity contribution in [2.75, 3.05) is 6.61 Å². The number of rotatable bonds is 3. The molecule has 72 valence electrons. The molecule has 0 atom stereocenters. The van der Waals surface area contributed by atoms with Crippen LogP contribution in [0.25, 0.3) is 0 Å². The Balaban J connectivity index is 3.09. The van der Waals surface area contributed by atoms with E-state index in [2.05, 4.69) is 6.92 Å². The Kier molecular flexibility index (Phi) is 3.61. The summed E-state index contributed by atoms with van der Waals surface area (Å²) in [7, 11) is 0. The molecule has 0 aliphatic rings. The highest BCUT2D eigenvalue weighted by Gasteiger charge is 2.04. The number of ether oxygens (including phenoxy) is 1. The normalized spacial score (nSPS) is 10.2. The first-order valence-electron chi connectivity index (χ1n) is 4.60. The highest BCUT2D eigenvalue weighted by atomic mass is 35.5. The van der Waals surface area contributed by atoms with E-state index in [4.69, 9.17) is 16.3 Å². The van der Waals surface area contributed by atoms with E-state index in [0.29, 0.717) is 6.61 Å². The lowest BCUT2D eigenvalue weighted by molar-refractivity contribution is 0.336. The maximum absolute atomic E-state index is 6.01. The molecule has 0 spiro atoms. The minimum absolute atomic E-state index is 0.702. The van der Waals surface area contributed by atoms with Crippen LogP contribution in [0.2, 0.25) is 5.02 Å². The molecule has 0 radical (unpaired) electrons. The number of halogens is 1. The van der Waals surface area contributed by atoms with Gasteiger partial charge >= 0.3 is 0 Å². The fourth-order valence-electron chi connectivity index (χ4n) is 1.26. The summed E-state index contributed by atoms with van der Waals surface area (Å²) < 4.78 is 5.51. The second kappa shape index (κ2) is 4.52. The molecule has 2 heteroatoms. The maximum Gasteiger partial charge on any atom is 0.122 e. The van der Waals surface area contributed by atoms with E-state index in [1.807, 2.05) is 26.0 Å². The van der Waals surface area contributed by atoms with Gasteiger partial charge < -0.3 is 4.74 Å². The first-order chi connectivity index (χ1) is 6.19. The Labute approximate surface area is 84.7 Å². The zero-order valence-electron chi connectivity index (χ0n) is 8.36. The minimum atomic E-state index is 0.702. The lowest BCUT2D eigenvalue weighted by Crippen LogP contribution is -1.96. The summed E-state index contributed by atoms with van der Waals surface area (Å²) in [4.78, 5) is 0. The van der Waals surface area contributed by atoms with Crippen LogP contribution in [0, 0.1) is 6.92 Å². The van der Waals surface area contributed by atoms with E-state index in [1.54, 1.807) is 0 Å². The molecule has 1 nitrogen and oxygen atoms in total. The largest absolute Gasteiger partial charge is 0.494 e. The number of benzene rings is 1. The van der Waals surface area contributed by atoms with Crippen molar-refractivity contribution in [1.29, 1.82) is 0 Å². The summed E-state index contributed by atoms with van der Waals surface area (Å²) in [6, 6.07) is 3.99. The number of hydrogen-bond acceptors (Lipinski definition) is 1. The summed E-state index contributed by atoms with van der Waals surface area (Å²) in [6.07, 6.45) is 0.954. The summed E-state index contributed by atoms with van der Waals surface area (Å²) in [5.41, 5.74) is 2.25. The van der Waals surface area contributed by atoms with Gasteiger partial charge in [-0.25, -0.2) is 0 Å². The molecule has 0 unspecified atom stereocenters. The molecule has 0 aliphatic heterocycles. The van der Waals surface area contributed by atoms with Gasteiger partial charge in [-0.15, -0.1) is 0 Å². The third-order valence-electron chi connectivity index (χ3n) is 2.02. The fourth-order valence-corrected chi connectivity index (χ4v) is 1.45. The van der Waals surface area contributed by atoms with Gasteiger partial charge in [0.25, 0.3) is 0 Å². The van der Waals surface area contributed by atoms with Gasteiger partial charge in [0.1, 0.15) is 5.75 Å². The van der Waals surface area contributed by atoms with Crippen molar-refractivity contribution < 1.29 is 4.74 Å². The van der Waals surface area contributed by atoms with Crippen molar-refractivity contribution >= 4 is 11.6 Å². The van der Waals surface area contributed by atoms with Crippen molar-refractivity contribution in [2.45, 2.75) is 27.2 Å². The van der Waals surface area contributed by atoms with Crippen LogP contribution in [0.1, 0.15) is 25.0 Å². The van der Waals surface area contributed by atoms with Crippen molar-refractivity contribution in [2.24, 2.45) is 0 Å². The molecule has 0 saturated carbocycles. The molecular weight excluding hydrogens is 184 g/mol. The standard InChI is InChI=1S/C11H15ClO/c1-4-9-7-10(12)8(3)6-11(9)13-5-2/h6-7H,4-5H2,1-3H3. The van der Waals surface area contributed by atoms with E-state index in [0.717, 1.165) is 22.8 Å². The van der Waals surface area contributed by atoms with Gasteiger partial charge in [-0.1, -0.05) is 18.5 Å². The summed E-state index contributed by atoms with van der Waals surface area (Å²) >= 11 is 6.01. The van der Waals surface area contributed by atoms with Gasteiger partial charge in [0, 0.05) is 5.02 Å². The average Bonchev–Trinajstić information content (AvgIpc) is 2.11. The Morgan fingerprint density at radius 1 is 1.31 bits per heavy atom. The van der Waals surface area contributed by atoms with Gasteiger partial charge in [0.05, 0.1) is 6.61 Å². The Morgan fingerprint density at radius 2 is 2.00 bits per heavy atom. The predicted octanol–water partition coefficient (Wildman–Crippen LogP) is 3.61. The maximum atomic E-state index is 6.01. The van der Waals surface area contributed by atoms with Crippen LogP contribution >= 0.6 is 11.6 Å². The van der Waals surface area contributed by atoms with E-state index in [-0.39, 0.29) is 0 Å². The molecular formula is C11H15ClO. The lowest BCUT2D eigenvalue weighted by Gasteiger charge is -2.10. The molecule has 13 heavy (non-hydrogen) atoms. The van der Waals surface area contributed by atoms with Crippen molar-refractivity contribution in [3.63, 3.8) is 0 Å². The summed E-state index contributed by atoms with van der Waals surface area (Å²) in [5, 5.41) is 0.820. The molecule has 0 aliphatic carbocycles. The minimum Gasteiger partial charge on any atom is -0.494 e. The first kappa shape index (κ1) is 10.4. The van der Waals surface area contributed by atoms with Gasteiger partial charge in [-0.2, -0.15) is 0 Å². The molecule has 0 saturated heterocycles. The molecule has 0 fully saturated rings. The Bertz CT molecular complexity index is 294. The molecule has 0 heterocycles. The fraction of sp³-hybridized carbons (Fsp3) is 0.455. The average molecular weight is 199 g/mol. The third kappa shape index (κ3) is 2.38. The van der Waals surface area contributed by atoms with Gasteiger partial charge in [-0.3, -0.25) is 0 Å². The van der Waals surface area contributed by atoms with Crippen LogP contribution < -0.4 is 4.74 Å².